The number of rotatable bonds is 4. The Balaban J connectivity index is 0.00000200. The maximum atomic E-state index is 11.1. The van der Waals surface area contributed by atoms with Crippen LogP contribution in [0.5, 0.6) is 0 Å². The monoisotopic (exact) mass is 648 g/mol. The summed E-state index contributed by atoms with van der Waals surface area (Å²) in [5, 5.41) is 22.2. The Morgan fingerprint density at radius 2 is 0.789 bits per heavy atom. The Morgan fingerprint density at radius 1 is 0.526 bits per heavy atom. The molecule has 0 radical (unpaired) electrons. The van der Waals surface area contributed by atoms with E-state index in [4.69, 9.17) is 9.47 Å². The molecule has 0 saturated carbocycles. The highest BCUT2D eigenvalue weighted by Gasteiger charge is 2.43. The molecule has 2 aliphatic heterocycles. The molecule has 0 bridgehead atoms. The molecule has 2 unspecified atom stereocenters. The molecular formula is C30H38Br2N2O4. The lowest BCUT2D eigenvalue weighted by atomic mass is 9.96. The van der Waals surface area contributed by atoms with E-state index in [1.165, 1.54) is 0 Å². The minimum atomic E-state index is -1.25. The first-order valence-corrected chi connectivity index (χ1v) is 12.7. The van der Waals surface area contributed by atoms with Gasteiger partial charge in [0.1, 0.15) is 26.2 Å². The van der Waals surface area contributed by atoms with Crippen LogP contribution in [-0.2, 0) is 21.0 Å². The van der Waals surface area contributed by atoms with Crippen molar-refractivity contribution in [3.63, 3.8) is 0 Å². The SMILES string of the molecule is C[N+]1(C)CCOC(O)(c2ccc(-c3ccc(-c4ccc(C5(O)C[N+](C)(C)CCO5)cc4)cc3)cc2)C1.[Br-].[Br-]. The minimum Gasteiger partial charge on any atom is -1.00 e. The zero-order valence-electron chi connectivity index (χ0n) is 22.5. The number of hydrogen-bond acceptors (Lipinski definition) is 4. The van der Waals surface area contributed by atoms with Crippen LogP contribution in [-0.4, -0.2) is 86.8 Å². The molecule has 0 spiro atoms. The van der Waals surface area contributed by atoms with Crippen molar-refractivity contribution in [3.05, 3.63) is 83.9 Å². The van der Waals surface area contributed by atoms with Gasteiger partial charge >= 0.3 is 0 Å². The van der Waals surface area contributed by atoms with Gasteiger partial charge in [0.25, 0.3) is 0 Å². The van der Waals surface area contributed by atoms with Crippen LogP contribution in [0, 0.1) is 0 Å². The largest absolute Gasteiger partial charge is 1.00 e. The number of hydrogen-bond donors (Lipinski definition) is 2. The van der Waals surface area contributed by atoms with Crippen molar-refractivity contribution in [2.75, 3.05) is 67.6 Å². The van der Waals surface area contributed by atoms with Crippen LogP contribution in [0.15, 0.2) is 72.8 Å². The molecule has 2 heterocycles. The number of aliphatic hydroxyl groups is 2. The number of halogens is 2. The summed E-state index contributed by atoms with van der Waals surface area (Å²) >= 11 is 0. The van der Waals surface area contributed by atoms with Gasteiger partial charge in [0, 0.05) is 11.1 Å². The quantitative estimate of drug-likeness (QED) is 0.308. The minimum absolute atomic E-state index is 0. The Bertz CT molecular complexity index is 1120. The van der Waals surface area contributed by atoms with Crippen LogP contribution in [0.25, 0.3) is 22.3 Å². The smallest absolute Gasteiger partial charge is 0.243 e. The molecule has 0 aliphatic carbocycles. The van der Waals surface area contributed by atoms with Gasteiger partial charge in [0.15, 0.2) is 0 Å². The molecule has 38 heavy (non-hydrogen) atoms. The van der Waals surface area contributed by atoms with Gasteiger partial charge < -0.3 is 62.6 Å². The maximum Gasteiger partial charge on any atom is 0.243 e. The van der Waals surface area contributed by atoms with E-state index < -0.39 is 11.6 Å². The third-order valence-electron chi connectivity index (χ3n) is 7.58. The average molecular weight is 650 g/mol. The second-order valence-corrected chi connectivity index (χ2v) is 11.6. The molecular weight excluding hydrogens is 612 g/mol. The highest BCUT2D eigenvalue weighted by atomic mass is 79.9. The molecule has 2 N–H and O–H groups in total. The van der Waals surface area contributed by atoms with E-state index >= 15 is 0 Å². The molecule has 2 saturated heterocycles. The van der Waals surface area contributed by atoms with Gasteiger partial charge in [-0.15, -0.1) is 0 Å². The molecule has 6 nitrogen and oxygen atoms in total. The fraction of sp³-hybridized carbons (Fsp3) is 0.400. The standard InChI is InChI=1S/C30H38N2O4.2BrH/c1-31(2)17-19-35-29(33,21-31)27-13-9-25(10-14-27)23-5-7-24(8-6-23)26-11-15-28(16-12-26)30(34)22-32(3,4)18-20-36-30;;/h5-16,33-34H,17-22H2,1-4H3;2*1H/q+2;;/p-2. The van der Waals surface area contributed by atoms with Crippen molar-refractivity contribution in [2.45, 2.75) is 11.6 Å². The van der Waals surface area contributed by atoms with Gasteiger partial charge in [-0.1, -0.05) is 72.8 Å². The van der Waals surface area contributed by atoms with Gasteiger partial charge in [-0.05, 0) is 22.3 Å². The van der Waals surface area contributed by atoms with E-state index in [0.29, 0.717) is 26.3 Å². The summed E-state index contributed by atoms with van der Waals surface area (Å²) in [6.45, 7) is 3.91. The highest BCUT2D eigenvalue weighted by Crippen LogP contribution is 2.33. The lowest BCUT2D eigenvalue weighted by molar-refractivity contribution is -0.912. The van der Waals surface area contributed by atoms with E-state index in [1.54, 1.807) is 0 Å². The second kappa shape index (κ2) is 11.5. The van der Waals surface area contributed by atoms with E-state index in [2.05, 4.69) is 52.5 Å². The Hall–Kier alpha value is -1.62. The van der Waals surface area contributed by atoms with Crippen LogP contribution in [0.4, 0.5) is 0 Å². The third kappa shape index (κ3) is 6.57. The number of nitrogens with zero attached hydrogens (tertiary/aromatic N) is 2. The number of morpholine rings is 2. The van der Waals surface area contributed by atoms with Crippen LogP contribution >= 0.6 is 0 Å². The molecule has 2 atom stereocenters. The number of ether oxygens (including phenoxy) is 2. The van der Waals surface area contributed by atoms with Gasteiger partial charge in [-0.3, -0.25) is 0 Å². The van der Waals surface area contributed by atoms with E-state index in [-0.39, 0.29) is 34.0 Å². The van der Waals surface area contributed by atoms with Gasteiger partial charge in [-0.2, -0.15) is 0 Å². The van der Waals surface area contributed by atoms with Crippen LogP contribution in [0.2, 0.25) is 0 Å². The van der Waals surface area contributed by atoms with E-state index in [0.717, 1.165) is 55.4 Å². The molecule has 0 amide bonds. The summed E-state index contributed by atoms with van der Waals surface area (Å²) < 4.78 is 13.0. The second-order valence-electron chi connectivity index (χ2n) is 11.6. The third-order valence-corrected chi connectivity index (χ3v) is 7.58. The first kappa shape index (κ1) is 30.9. The molecule has 8 heteroatoms. The van der Waals surface area contributed by atoms with E-state index in [9.17, 15) is 10.2 Å². The lowest BCUT2D eigenvalue weighted by Gasteiger charge is -2.42. The van der Waals surface area contributed by atoms with Gasteiger partial charge in [0.05, 0.1) is 41.4 Å². The van der Waals surface area contributed by atoms with Crippen molar-refractivity contribution in [3.8, 4) is 22.3 Å². The first-order chi connectivity index (χ1) is 17.0. The van der Waals surface area contributed by atoms with E-state index in [1.807, 2.05) is 48.5 Å². The predicted octanol–water partition coefficient (Wildman–Crippen LogP) is -2.47. The Kier molecular flexibility index (Phi) is 9.33. The lowest BCUT2D eigenvalue weighted by Crippen LogP contribution is -3.00. The fourth-order valence-electron chi connectivity index (χ4n) is 5.38. The van der Waals surface area contributed by atoms with Crippen molar-refractivity contribution in [2.24, 2.45) is 0 Å². The Morgan fingerprint density at radius 3 is 1.05 bits per heavy atom. The number of likely N-dealkylation sites (N-methyl/N-ethyl adjacent to an activating group) is 2. The molecule has 3 aromatic carbocycles. The van der Waals surface area contributed by atoms with Crippen LogP contribution in [0.1, 0.15) is 11.1 Å². The average Bonchev–Trinajstić information content (AvgIpc) is 2.83. The topological polar surface area (TPSA) is 58.9 Å². The summed E-state index contributed by atoms with van der Waals surface area (Å²) in [7, 11) is 8.45. The number of benzene rings is 3. The van der Waals surface area contributed by atoms with Crippen LogP contribution < -0.4 is 34.0 Å². The molecule has 2 fully saturated rings. The van der Waals surface area contributed by atoms with Crippen molar-refractivity contribution >= 4 is 0 Å². The summed E-state index contributed by atoms with van der Waals surface area (Å²) in [5.41, 5.74) is 5.98. The summed E-state index contributed by atoms with van der Waals surface area (Å²) in [5.74, 6) is -2.50. The normalized spacial score (nSPS) is 26.1. The summed E-state index contributed by atoms with van der Waals surface area (Å²) in [4.78, 5) is 0. The predicted molar refractivity (Wildman–Crippen MR) is 141 cm³/mol. The van der Waals surface area contributed by atoms with Crippen molar-refractivity contribution in [1.82, 2.24) is 0 Å². The van der Waals surface area contributed by atoms with Crippen LogP contribution in [0.3, 0.4) is 0 Å². The first-order valence-electron chi connectivity index (χ1n) is 12.7. The highest BCUT2D eigenvalue weighted by molar-refractivity contribution is 5.70. The zero-order chi connectivity index (χ0) is 25.6. The molecule has 206 valence electrons. The molecule has 3 aromatic rings. The maximum absolute atomic E-state index is 11.1. The zero-order valence-corrected chi connectivity index (χ0v) is 25.7. The summed E-state index contributed by atoms with van der Waals surface area (Å²) in [6.07, 6.45) is 0. The molecule has 0 aromatic heterocycles. The molecule has 2 aliphatic rings. The molecule has 5 rings (SSSR count). The van der Waals surface area contributed by atoms with Crippen molar-refractivity contribution in [1.29, 1.82) is 0 Å². The fourth-order valence-corrected chi connectivity index (χ4v) is 5.38. The summed E-state index contributed by atoms with van der Waals surface area (Å²) in [6, 6.07) is 24.5. The van der Waals surface area contributed by atoms with Gasteiger partial charge in [0.2, 0.25) is 11.6 Å². The Labute approximate surface area is 247 Å². The number of quaternary nitrogens is 2. The van der Waals surface area contributed by atoms with Gasteiger partial charge in [-0.25, -0.2) is 0 Å². The van der Waals surface area contributed by atoms with Crippen molar-refractivity contribution < 1.29 is 62.6 Å².